The number of esters is 2. The highest BCUT2D eigenvalue weighted by Crippen LogP contribution is 2.26. The van der Waals surface area contributed by atoms with Gasteiger partial charge in [-0.2, -0.15) is 0 Å². The van der Waals surface area contributed by atoms with Gasteiger partial charge in [0.05, 0.1) is 16.1 Å². The van der Waals surface area contributed by atoms with Crippen molar-refractivity contribution in [2.45, 2.75) is 37.3 Å². The van der Waals surface area contributed by atoms with E-state index in [4.69, 9.17) is 23.7 Å². The van der Waals surface area contributed by atoms with E-state index in [9.17, 15) is 29.6 Å². The number of ether oxygens (including phenoxy) is 5. The quantitative estimate of drug-likeness (QED) is 0.156. The third-order valence-corrected chi connectivity index (χ3v) is 6.35. The van der Waals surface area contributed by atoms with Crippen LogP contribution in [0.25, 0.3) is 0 Å². The van der Waals surface area contributed by atoms with Gasteiger partial charge in [0.15, 0.2) is 12.4 Å². The minimum absolute atomic E-state index is 0.119. The highest BCUT2D eigenvalue weighted by atomic mass is 16.7. The van der Waals surface area contributed by atoms with E-state index in [1.54, 1.807) is 48.5 Å². The van der Waals surface area contributed by atoms with Crippen LogP contribution in [0, 0.1) is 10.1 Å². The molecule has 42 heavy (non-hydrogen) atoms. The largest absolute Gasteiger partial charge is 0.459 e. The zero-order valence-electron chi connectivity index (χ0n) is 22.4. The Kier molecular flexibility index (Phi) is 10.2. The van der Waals surface area contributed by atoms with Crippen molar-refractivity contribution in [3.63, 3.8) is 0 Å². The highest BCUT2D eigenvalue weighted by Gasteiger charge is 2.49. The number of carbonyl (C=O) groups is 3. The van der Waals surface area contributed by atoms with Crippen molar-refractivity contribution in [2.24, 2.45) is 0 Å². The van der Waals surface area contributed by atoms with Crippen molar-refractivity contribution in [3.8, 4) is 0 Å². The van der Waals surface area contributed by atoms with Crippen LogP contribution in [0.5, 0.6) is 0 Å². The number of benzene rings is 3. The number of methoxy groups -OCH3 is 1. The Balaban J connectivity index is 1.47. The number of nitro groups is 1. The fourth-order valence-corrected chi connectivity index (χ4v) is 4.17. The molecule has 1 fully saturated rings. The van der Waals surface area contributed by atoms with Gasteiger partial charge < -0.3 is 34.1 Å². The molecule has 1 aliphatic rings. The number of carbonyl (C=O) groups excluding carboxylic acids is 3. The van der Waals surface area contributed by atoms with Gasteiger partial charge in [-0.05, 0) is 42.0 Å². The Hall–Kier alpha value is -4.85. The number of amides is 1. The first-order chi connectivity index (χ1) is 20.3. The van der Waals surface area contributed by atoms with E-state index in [2.05, 4.69) is 5.32 Å². The number of rotatable bonds is 10. The van der Waals surface area contributed by atoms with Gasteiger partial charge in [0.25, 0.3) is 5.69 Å². The Labute approximate surface area is 240 Å². The molecule has 1 heterocycles. The molecule has 0 spiro atoms. The maximum Gasteiger partial charge on any atom is 0.407 e. The summed E-state index contributed by atoms with van der Waals surface area (Å²) in [5.74, 6) is -1.45. The van der Waals surface area contributed by atoms with Crippen LogP contribution in [-0.4, -0.2) is 72.4 Å². The van der Waals surface area contributed by atoms with Crippen LogP contribution in [0.3, 0.4) is 0 Å². The highest BCUT2D eigenvalue weighted by molar-refractivity contribution is 5.90. The van der Waals surface area contributed by atoms with Gasteiger partial charge in [0.1, 0.15) is 31.5 Å². The summed E-state index contributed by atoms with van der Waals surface area (Å²) in [6.45, 7) is -0.643. The second kappa shape index (κ2) is 14.2. The number of nitrogens with one attached hydrogen (secondary N) is 1. The van der Waals surface area contributed by atoms with Gasteiger partial charge in [-0.1, -0.05) is 36.4 Å². The molecule has 3 aromatic rings. The molecule has 13 nitrogen and oxygen atoms in total. The lowest BCUT2D eigenvalue weighted by Crippen LogP contribution is -2.65. The summed E-state index contributed by atoms with van der Waals surface area (Å²) < 4.78 is 27.4. The number of non-ortho nitro benzene ring substituents is 1. The van der Waals surface area contributed by atoms with Crippen molar-refractivity contribution >= 4 is 23.7 Å². The summed E-state index contributed by atoms with van der Waals surface area (Å²) in [6.07, 6.45) is -6.39. The lowest BCUT2D eigenvalue weighted by Gasteiger charge is -2.43. The van der Waals surface area contributed by atoms with E-state index in [1.165, 1.54) is 43.5 Å². The van der Waals surface area contributed by atoms with Gasteiger partial charge in [0, 0.05) is 19.2 Å². The van der Waals surface area contributed by atoms with Gasteiger partial charge in [-0.3, -0.25) is 10.1 Å². The summed E-state index contributed by atoms with van der Waals surface area (Å²) >= 11 is 0. The Bertz CT molecular complexity index is 1370. The Morgan fingerprint density at radius 1 is 0.905 bits per heavy atom. The molecule has 1 saturated heterocycles. The van der Waals surface area contributed by atoms with Crippen molar-refractivity contribution < 1.29 is 48.1 Å². The van der Waals surface area contributed by atoms with Crippen LogP contribution < -0.4 is 5.32 Å². The summed E-state index contributed by atoms with van der Waals surface area (Å²) in [5.41, 5.74) is 0.836. The second-order valence-electron chi connectivity index (χ2n) is 9.14. The average Bonchev–Trinajstić information content (AvgIpc) is 3.02. The van der Waals surface area contributed by atoms with Crippen LogP contribution in [0.1, 0.15) is 26.3 Å². The number of nitrogens with zero attached hydrogens (tertiary/aromatic N) is 1. The van der Waals surface area contributed by atoms with Gasteiger partial charge in [-0.15, -0.1) is 0 Å². The molecule has 1 amide bonds. The number of aliphatic hydroxyl groups excluding tert-OH is 1. The number of hydrogen-bond donors (Lipinski definition) is 2. The van der Waals surface area contributed by atoms with E-state index in [1.807, 2.05) is 0 Å². The van der Waals surface area contributed by atoms with Crippen molar-refractivity contribution in [3.05, 3.63) is 112 Å². The smallest absolute Gasteiger partial charge is 0.407 e. The molecule has 0 saturated carbocycles. The van der Waals surface area contributed by atoms with Crippen LogP contribution in [0.4, 0.5) is 10.5 Å². The molecule has 0 aliphatic carbocycles. The maximum atomic E-state index is 12.9. The molecule has 5 atom stereocenters. The summed E-state index contributed by atoms with van der Waals surface area (Å²) in [6, 6.07) is 20.4. The van der Waals surface area contributed by atoms with Crippen molar-refractivity contribution in [1.82, 2.24) is 5.32 Å². The molecule has 220 valence electrons. The average molecular weight is 581 g/mol. The topological polar surface area (TPSA) is 173 Å². The molecule has 0 aromatic heterocycles. The third-order valence-electron chi connectivity index (χ3n) is 6.35. The van der Waals surface area contributed by atoms with Gasteiger partial charge in [-0.25, -0.2) is 14.4 Å². The fourth-order valence-electron chi connectivity index (χ4n) is 4.17. The zero-order valence-corrected chi connectivity index (χ0v) is 22.4. The molecular weight excluding hydrogens is 552 g/mol. The minimum atomic E-state index is -1.56. The predicted octanol–water partition coefficient (Wildman–Crippen LogP) is 3.00. The van der Waals surface area contributed by atoms with Gasteiger partial charge in [0.2, 0.25) is 0 Å². The van der Waals surface area contributed by atoms with Gasteiger partial charge >= 0.3 is 18.0 Å². The monoisotopic (exact) mass is 580 g/mol. The molecule has 13 heteroatoms. The first kappa shape index (κ1) is 30.1. The Morgan fingerprint density at radius 2 is 1.50 bits per heavy atom. The zero-order chi connectivity index (χ0) is 30.1. The third kappa shape index (κ3) is 7.66. The first-order valence-electron chi connectivity index (χ1n) is 12.8. The van der Waals surface area contributed by atoms with E-state index in [-0.39, 0.29) is 23.4 Å². The van der Waals surface area contributed by atoms with E-state index in [0.29, 0.717) is 5.56 Å². The maximum absolute atomic E-state index is 12.9. The van der Waals surface area contributed by atoms with E-state index < -0.39 is 60.2 Å². The molecule has 2 N–H and O–H groups in total. The normalized spacial score (nSPS) is 21.5. The molecule has 0 bridgehead atoms. The summed E-state index contributed by atoms with van der Waals surface area (Å²) in [5, 5.41) is 24.5. The molecule has 0 radical (unpaired) electrons. The molecule has 0 unspecified atom stereocenters. The van der Waals surface area contributed by atoms with Crippen LogP contribution in [-0.2, 0) is 30.3 Å². The number of alkyl carbamates (subject to hydrolysis) is 1. The lowest BCUT2D eigenvalue weighted by molar-refractivity contribution is -0.384. The van der Waals surface area contributed by atoms with Crippen LogP contribution in [0.2, 0.25) is 0 Å². The molecule has 4 rings (SSSR count). The fraction of sp³-hybridized carbons (Fsp3) is 0.276. The molecule has 1 aliphatic heterocycles. The second-order valence-corrected chi connectivity index (χ2v) is 9.14. The van der Waals surface area contributed by atoms with E-state index in [0.717, 1.165) is 0 Å². The van der Waals surface area contributed by atoms with Crippen molar-refractivity contribution in [2.75, 3.05) is 13.7 Å². The lowest BCUT2D eigenvalue weighted by atomic mass is 9.96. The molecule has 3 aromatic carbocycles. The number of aliphatic hydroxyl groups is 1. The first-order valence-corrected chi connectivity index (χ1v) is 12.8. The summed E-state index contributed by atoms with van der Waals surface area (Å²) in [4.78, 5) is 48.4. The van der Waals surface area contributed by atoms with Crippen LogP contribution in [0.15, 0.2) is 84.9 Å². The standard InChI is InChI=1S/C29H28N2O11/c1-38-28-23(30-29(35)40-16-18-12-14-21(15-13-18)31(36)37)25(42-27(34)20-10-6-3-7-11-20)24(32)22(41-28)17-39-26(33)19-8-4-2-5-9-19/h2-15,22-25,28,32H,16-17H2,1H3,(H,30,35)/t22-,23-,24-,25-,28-/m1/s1. The molecular formula is C29H28N2O11. The number of hydrogen-bond acceptors (Lipinski definition) is 11. The van der Waals surface area contributed by atoms with Crippen LogP contribution >= 0.6 is 0 Å². The van der Waals surface area contributed by atoms with Crippen molar-refractivity contribution in [1.29, 1.82) is 0 Å². The number of nitro benzene ring substituents is 1. The summed E-state index contributed by atoms with van der Waals surface area (Å²) in [7, 11) is 1.28. The Morgan fingerprint density at radius 3 is 2.07 bits per heavy atom. The van der Waals surface area contributed by atoms with E-state index >= 15 is 0 Å². The SMILES string of the molecule is CO[C@@H]1O[C@H](COC(=O)c2ccccc2)[C@@H](O)[C@H](OC(=O)c2ccccc2)[C@H]1NC(=O)OCc1ccc([N+](=O)[O-])cc1. The predicted molar refractivity (Wildman–Crippen MR) is 144 cm³/mol. The minimum Gasteiger partial charge on any atom is -0.459 e.